The number of aliphatic hydroxyl groups is 2. The number of benzene rings is 1. The van der Waals surface area contributed by atoms with Gasteiger partial charge in [-0.1, -0.05) is 56.7 Å². The molecule has 0 saturated heterocycles. The first-order valence-electron chi connectivity index (χ1n) is 13.4. The molecule has 0 aromatic heterocycles. The second-order valence-electron chi connectivity index (χ2n) is 11.9. The van der Waals surface area contributed by atoms with Gasteiger partial charge in [-0.25, -0.2) is 0 Å². The van der Waals surface area contributed by atoms with Crippen molar-refractivity contribution in [3.05, 3.63) is 64.9 Å². The van der Waals surface area contributed by atoms with E-state index in [9.17, 15) is 10.2 Å². The molecular formula is C31H45N3O2. The summed E-state index contributed by atoms with van der Waals surface area (Å²) < 4.78 is 0. The van der Waals surface area contributed by atoms with Crippen LogP contribution in [0.1, 0.15) is 70.4 Å². The summed E-state index contributed by atoms with van der Waals surface area (Å²) in [7, 11) is 3.75. The van der Waals surface area contributed by atoms with Gasteiger partial charge in [0.25, 0.3) is 0 Å². The van der Waals surface area contributed by atoms with Gasteiger partial charge in [0.2, 0.25) is 0 Å². The van der Waals surface area contributed by atoms with E-state index in [1.54, 1.807) is 0 Å². The lowest BCUT2D eigenvalue weighted by Crippen LogP contribution is -2.55. The second-order valence-corrected chi connectivity index (χ2v) is 11.9. The molecule has 1 aromatic rings. The van der Waals surface area contributed by atoms with Crippen LogP contribution >= 0.6 is 0 Å². The predicted octanol–water partition coefficient (Wildman–Crippen LogP) is 5.02. The standard InChI is InChI=1S/C29H38N2O2.C2H7N/c1-27(2)17-22-14-21-15-23(32)7-6-18(21)10-12-29(22,33)26-9-8-24(28(26,27)3)20-5-4-19(11-13-30)25(31)16-20;1-3-2/h4-5,8,11,13-14,16-18,23,26,32-33H,6-7,9-10,12,15,30-31H2,1-3H3;3H,1-2H3/b13-11-;/t18?,23?,26?,28?,29-;/m1./s1. The third kappa shape index (κ3) is 4.25. The van der Waals surface area contributed by atoms with E-state index >= 15 is 0 Å². The zero-order chi connectivity index (χ0) is 26.3. The highest BCUT2D eigenvalue weighted by molar-refractivity contribution is 5.79. The Kier molecular flexibility index (Phi) is 7.31. The van der Waals surface area contributed by atoms with Crippen LogP contribution in [0, 0.1) is 22.7 Å². The number of fused-ring (bicyclic) bond motifs is 4. The summed E-state index contributed by atoms with van der Waals surface area (Å²) in [6, 6.07) is 6.22. The molecular weight excluding hydrogens is 446 g/mol. The van der Waals surface area contributed by atoms with Crippen LogP contribution in [0.25, 0.3) is 11.6 Å². The van der Waals surface area contributed by atoms with Crippen molar-refractivity contribution in [1.29, 1.82) is 0 Å². The van der Waals surface area contributed by atoms with Crippen LogP contribution in [0.15, 0.2) is 53.8 Å². The molecule has 5 heteroatoms. The number of nitrogen functional groups attached to an aromatic ring is 1. The van der Waals surface area contributed by atoms with Gasteiger partial charge in [0.05, 0.1) is 11.7 Å². The van der Waals surface area contributed by atoms with Gasteiger partial charge < -0.3 is 27.0 Å². The Labute approximate surface area is 217 Å². The third-order valence-electron chi connectivity index (χ3n) is 9.48. The minimum absolute atomic E-state index is 0.0989. The van der Waals surface area contributed by atoms with Crippen molar-refractivity contribution < 1.29 is 10.2 Å². The minimum Gasteiger partial charge on any atom is -0.405 e. The Balaban J connectivity index is 0.000000967. The number of aliphatic hydroxyl groups excluding tert-OH is 1. The van der Waals surface area contributed by atoms with Crippen LogP contribution in [0.3, 0.4) is 0 Å². The molecule has 0 bridgehead atoms. The van der Waals surface area contributed by atoms with Gasteiger partial charge in [-0.2, -0.15) is 0 Å². The molecule has 1 fully saturated rings. The van der Waals surface area contributed by atoms with Crippen molar-refractivity contribution in [1.82, 2.24) is 5.32 Å². The Hall–Kier alpha value is -2.34. The first kappa shape index (κ1) is 26.7. The maximum absolute atomic E-state index is 12.3. The molecule has 5 nitrogen and oxygen atoms in total. The largest absolute Gasteiger partial charge is 0.405 e. The smallest absolute Gasteiger partial charge is 0.0933 e. The van der Waals surface area contributed by atoms with Gasteiger partial charge in [-0.15, -0.1) is 0 Å². The third-order valence-corrected chi connectivity index (χ3v) is 9.48. The summed E-state index contributed by atoms with van der Waals surface area (Å²) in [6.07, 6.45) is 15.3. The molecule has 5 atom stereocenters. The molecule has 4 unspecified atom stereocenters. The second kappa shape index (κ2) is 9.85. The Morgan fingerprint density at radius 1 is 1.11 bits per heavy atom. The minimum atomic E-state index is -0.856. The molecule has 4 aliphatic rings. The Bertz CT molecular complexity index is 1110. The lowest BCUT2D eigenvalue weighted by atomic mass is 9.49. The van der Waals surface area contributed by atoms with E-state index in [1.807, 2.05) is 26.2 Å². The van der Waals surface area contributed by atoms with E-state index in [0.717, 1.165) is 55.2 Å². The summed E-state index contributed by atoms with van der Waals surface area (Å²) in [5.41, 5.74) is 17.1. The molecule has 0 spiro atoms. The monoisotopic (exact) mass is 491 g/mol. The van der Waals surface area contributed by atoms with Gasteiger partial charge in [0.15, 0.2) is 0 Å². The van der Waals surface area contributed by atoms with Crippen molar-refractivity contribution in [2.75, 3.05) is 19.8 Å². The van der Waals surface area contributed by atoms with Crippen molar-refractivity contribution in [3.8, 4) is 0 Å². The zero-order valence-electron chi connectivity index (χ0n) is 22.6. The summed E-state index contributed by atoms with van der Waals surface area (Å²) >= 11 is 0. The lowest BCUT2D eigenvalue weighted by Gasteiger charge is -2.56. The van der Waals surface area contributed by atoms with Gasteiger partial charge in [-0.05, 0) is 105 Å². The number of hydrogen-bond acceptors (Lipinski definition) is 5. The van der Waals surface area contributed by atoms with E-state index in [-0.39, 0.29) is 22.9 Å². The topological polar surface area (TPSA) is 105 Å². The molecule has 36 heavy (non-hydrogen) atoms. The highest BCUT2D eigenvalue weighted by Crippen LogP contribution is 2.67. The molecule has 0 amide bonds. The summed E-state index contributed by atoms with van der Waals surface area (Å²) in [4.78, 5) is 0. The number of rotatable bonds is 2. The van der Waals surface area contributed by atoms with Crippen molar-refractivity contribution in [2.24, 2.45) is 28.4 Å². The lowest BCUT2D eigenvalue weighted by molar-refractivity contribution is -0.0651. The fourth-order valence-electron chi connectivity index (χ4n) is 7.33. The van der Waals surface area contributed by atoms with Gasteiger partial charge >= 0.3 is 0 Å². The van der Waals surface area contributed by atoms with Crippen molar-refractivity contribution in [3.63, 3.8) is 0 Å². The molecule has 5 rings (SSSR count). The first-order chi connectivity index (χ1) is 17.0. The summed E-state index contributed by atoms with van der Waals surface area (Å²) in [5, 5.41) is 25.4. The molecule has 7 N–H and O–H groups in total. The van der Waals surface area contributed by atoms with Gasteiger partial charge in [0, 0.05) is 17.0 Å². The summed E-state index contributed by atoms with van der Waals surface area (Å²) in [5.74, 6) is 0.580. The fraction of sp³-hybridized carbons (Fsp3) is 0.548. The first-order valence-corrected chi connectivity index (χ1v) is 13.4. The van der Waals surface area contributed by atoms with Crippen LogP contribution in [0.5, 0.6) is 0 Å². The van der Waals surface area contributed by atoms with Crippen LogP contribution in [-0.2, 0) is 0 Å². The fourth-order valence-corrected chi connectivity index (χ4v) is 7.33. The van der Waals surface area contributed by atoms with Gasteiger partial charge in [-0.3, -0.25) is 0 Å². The average molecular weight is 492 g/mol. The number of nitrogens with two attached hydrogens (primary N) is 2. The van der Waals surface area contributed by atoms with E-state index < -0.39 is 5.60 Å². The average Bonchev–Trinajstić information content (AvgIpc) is 3.12. The van der Waals surface area contributed by atoms with E-state index in [4.69, 9.17) is 11.5 Å². The number of anilines is 1. The quantitative estimate of drug-likeness (QED) is 0.374. The molecule has 0 radical (unpaired) electrons. The highest BCUT2D eigenvalue weighted by atomic mass is 16.3. The van der Waals surface area contributed by atoms with Crippen molar-refractivity contribution >= 4 is 17.3 Å². The molecule has 1 aromatic carbocycles. The number of hydrogen-bond donors (Lipinski definition) is 5. The Morgan fingerprint density at radius 3 is 2.50 bits per heavy atom. The van der Waals surface area contributed by atoms with Crippen molar-refractivity contribution in [2.45, 2.75) is 71.0 Å². The highest BCUT2D eigenvalue weighted by Gasteiger charge is 2.62. The van der Waals surface area contributed by atoms with Gasteiger partial charge in [0.1, 0.15) is 0 Å². The molecule has 0 heterocycles. The molecule has 196 valence electrons. The zero-order valence-corrected chi connectivity index (χ0v) is 22.6. The van der Waals surface area contributed by atoms with E-state index in [0.29, 0.717) is 11.6 Å². The number of allylic oxidation sites excluding steroid dienone is 3. The van der Waals surface area contributed by atoms with Crippen LogP contribution < -0.4 is 16.8 Å². The SMILES string of the molecule is CC1(C)C=C2C=C3CC(O)CCC3CC[C@]2(O)C2CC=C(c3ccc(/C=C\N)c(N)c3)C21C.CNC. The maximum atomic E-state index is 12.3. The van der Waals surface area contributed by atoms with Crippen LogP contribution in [-0.4, -0.2) is 36.0 Å². The number of nitrogens with one attached hydrogen (secondary N) is 1. The summed E-state index contributed by atoms with van der Waals surface area (Å²) in [6.45, 7) is 6.94. The van der Waals surface area contributed by atoms with E-state index in [2.05, 4.69) is 56.4 Å². The Morgan fingerprint density at radius 2 is 1.83 bits per heavy atom. The normalized spacial score (nSPS) is 34.8. The molecule has 0 aliphatic heterocycles. The van der Waals surface area contributed by atoms with Crippen LogP contribution in [0.4, 0.5) is 5.69 Å². The predicted molar refractivity (Wildman–Crippen MR) is 151 cm³/mol. The maximum Gasteiger partial charge on any atom is 0.0933 e. The molecule has 1 saturated carbocycles. The molecule has 4 aliphatic carbocycles. The van der Waals surface area contributed by atoms with E-state index in [1.165, 1.54) is 17.3 Å². The van der Waals surface area contributed by atoms with Crippen LogP contribution in [0.2, 0.25) is 0 Å².